The van der Waals surface area contributed by atoms with E-state index in [9.17, 15) is 14.4 Å². The number of aliphatic carboxylic acids is 1. The SMILES string of the molecule is CC(=O)N(CC(=O)O)C1CCCN(C(=O)C2CCOc3ccccc32)CC1. The molecule has 146 valence electrons. The molecule has 7 heteroatoms. The molecular weight excluding hydrogens is 348 g/mol. The van der Waals surface area contributed by atoms with Gasteiger partial charge in [-0.2, -0.15) is 0 Å². The predicted molar refractivity (Wildman–Crippen MR) is 98.5 cm³/mol. The van der Waals surface area contributed by atoms with Gasteiger partial charge < -0.3 is 19.6 Å². The fourth-order valence-electron chi connectivity index (χ4n) is 4.07. The maximum absolute atomic E-state index is 13.2. The highest BCUT2D eigenvalue weighted by Crippen LogP contribution is 2.35. The number of amides is 2. The Labute approximate surface area is 158 Å². The highest BCUT2D eigenvalue weighted by atomic mass is 16.5. The van der Waals surface area contributed by atoms with Crippen molar-refractivity contribution in [1.82, 2.24) is 9.80 Å². The van der Waals surface area contributed by atoms with Crippen LogP contribution in [0.4, 0.5) is 0 Å². The van der Waals surface area contributed by atoms with Gasteiger partial charge in [0.25, 0.3) is 0 Å². The molecule has 0 bridgehead atoms. The fraction of sp³-hybridized carbons (Fsp3) is 0.550. The van der Waals surface area contributed by atoms with E-state index in [2.05, 4.69) is 0 Å². The summed E-state index contributed by atoms with van der Waals surface area (Å²) in [7, 11) is 0. The van der Waals surface area contributed by atoms with Gasteiger partial charge in [0.1, 0.15) is 12.3 Å². The van der Waals surface area contributed by atoms with E-state index < -0.39 is 5.97 Å². The monoisotopic (exact) mass is 374 g/mol. The molecule has 2 heterocycles. The van der Waals surface area contributed by atoms with Gasteiger partial charge >= 0.3 is 5.97 Å². The van der Waals surface area contributed by atoms with Crippen molar-refractivity contribution in [2.24, 2.45) is 0 Å². The maximum atomic E-state index is 13.2. The van der Waals surface area contributed by atoms with Crippen molar-refractivity contribution in [1.29, 1.82) is 0 Å². The van der Waals surface area contributed by atoms with Gasteiger partial charge in [0, 0.05) is 31.6 Å². The molecule has 27 heavy (non-hydrogen) atoms. The van der Waals surface area contributed by atoms with E-state index in [-0.39, 0.29) is 30.3 Å². The van der Waals surface area contributed by atoms with Crippen LogP contribution in [0.5, 0.6) is 5.75 Å². The van der Waals surface area contributed by atoms with Gasteiger partial charge in [0.05, 0.1) is 12.5 Å². The number of likely N-dealkylation sites (tertiary alicyclic amines) is 1. The van der Waals surface area contributed by atoms with E-state index in [4.69, 9.17) is 9.84 Å². The van der Waals surface area contributed by atoms with Crippen LogP contribution < -0.4 is 4.74 Å². The van der Waals surface area contributed by atoms with E-state index in [1.54, 1.807) is 0 Å². The third kappa shape index (κ3) is 4.40. The molecule has 2 aliphatic heterocycles. The summed E-state index contributed by atoms with van der Waals surface area (Å²) in [4.78, 5) is 39.4. The molecule has 2 amide bonds. The molecule has 0 radical (unpaired) electrons. The lowest BCUT2D eigenvalue weighted by Crippen LogP contribution is -2.43. The summed E-state index contributed by atoms with van der Waals surface area (Å²) in [5, 5.41) is 9.07. The summed E-state index contributed by atoms with van der Waals surface area (Å²) in [5.41, 5.74) is 0.936. The van der Waals surface area contributed by atoms with Gasteiger partial charge in [-0.15, -0.1) is 0 Å². The van der Waals surface area contributed by atoms with Crippen molar-refractivity contribution in [3.8, 4) is 5.75 Å². The number of ether oxygens (including phenoxy) is 1. The maximum Gasteiger partial charge on any atom is 0.323 e. The molecule has 1 aromatic rings. The van der Waals surface area contributed by atoms with Crippen LogP contribution in [-0.4, -0.2) is 65.0 Å². The fourth-order valence-corrected chi connectivity index (χ4v) is 4.07. The summed E-state index contributed by atoms with van der Waals surface area (Å²) >= 11 is 0. The number of nitrogens with zero attached hydrogens (tertiary/aromatic N) is 2. The van der Waals surface area contributed by atoms with Crippen molar-refractivity contribution in [2.75, 3.05) is 26.2 Å². The minimum Gasteiger partial charge on any atom is -0.493 e. The Morgan fingerprint density at radius 2 is 1.96 bits per heavy atom. The highest BCUT2D eigenvalue weighted by molar-refractivity contribution is 5.85. The lowest BCUT2D eigenvalue weighted by atomic mass is 9.91. The predicted octanol–water partition coefficient (Wildman–Crippen LogP) is 1.87. The molecule has 2 unspecified atom stereocenters. The number of para-hydroxylation sites is 1. The number of hydrogen-bond acceptors (Lipinski definition) is 4. The zero-order valence-corrected chi connectivity index (χ0v) is 15.6. The second kappa shape index (κ2) is 8.41. The third-order valence-electron chi connectivity index (χ3n) is 5.42. The number of benzene rings is 1. The standard InChI is InChI=1S/C20H26N2O5/c1-14(23)22(13-19(24)25)15-5-4-10-21(11-8-15)20(26)17-9-12-27-18-7-3-2-6-16(17)18/h2-3,6-7,15,17H,4-5,8-13H2,1H3,(H,24,25). The van der Waals surface area contributed by atoms with E-state index >= 15 is 0 Å². The van der Waals surface area contributed by atoms with Gasteiger partial charge in [-0.05, 0) is 31.7 Å². The molecule has 2 atom stereocenters. The van der Waals surface area contributed by atoms with Crippen molar-refractivity contribution >= 4 is 17.8 Å². The van der Waals surface area contributed by atoms with Crippen molar-refractivity contribution in [3.63, 3.8) is 0 Å². The van der Waals surface area contributed by atoms with Crippen LogP contribution in [0.2, 0.25) is 0 Å². The van der Waals surface area contributed by atoms with Gasteiger partial charge in [-0.1, -0.05) is 18.2 Å². The third-order valence-corrected chi connectivity index (χ3v) is 5.42. The molecule has 2 aliphatic rings. The van der Waals surface area contributed by atoms with Crippen molar-refractivity contribution in [3.05, 3.63) is 29.8 Å². The molecule has 0 saturated carbocycles. The van der Waals surface area contributed by atoms with Gasteiger partial charge in [-0.25, -0.2) is 0 Å². The molecule has 7 nitrogen and oxygen atoms in total. The molecule has 0 spiro atoms. The normalized spacial score (nSPS) is 22.2. The first-order valence-corrected chi connectivity index (χ1v) is 9.47. The van der Waals surface area contributed by atoms with Crippen LogP contribution in [0, 0.1) is 0 Å². The first kappa shape index (κ1) is 19.2. The Morgan fingerprint density at radius 3 is 2.70 bits per heavy atom. The summed E-state index contributed by atoms with van der Waals surface area (Å²) in [6.07, 6.45) is 2.73. The van der Waals surface area contributed by atoms with Gasteiger partial charge in [-0.3, -0.25) is 14.4 Å². The second-order valence-corrected chi connectivity index (χ2v) is 7.18. The van der Waals surface area contributed by atoms with E-state index in [1.165, 1.54) is 11.8 Å². The average Bonchev–Trinajstić information content (AvgIpc) is 2.91. The Morgan fingerprint density at radius 1 is 1.19 bits per heavy atom. The summed E-state index contributed by atoms with van der Waals surface area (Å²) in [5.74, 6) is -0.575. The van der Waals surface area contributed by atoms with Crippen LogP contribution in [0.25, 0.3) is 0 Å². The molecule has 1 saturated heterocycles. The first-order valence-electron chi connectivity index (χ1n) is 9.47. The number of hydrogen-bond donors (Lipinski definition) is 1. The van der Waals surface area contributed by atoms with Gasteiger partial charge in [0.15, 0.2) is 0 Å². The number of fused-ring (bicyclic) bond motifs is 1. The van der Waals surface area contributed by atoms with Gasteiger partial charge in [0.2, 0.25) is 11.8 Å². The van der Waals surface area contributed by atoms with E-state index in [0.29, 0.717) is 39.0 Å². The Balaban J connectivity index is 1.68. The number of carbonyl (C=O) groups is 3. The van der Waals surface area contributed by atoms with E-state index in [0.717, 1.165) is 17.7 Å². The van der Waals surface area contributed by atoms with Crippen molar-refractivity contribution in [2.45, 2.75) is 44.6 Å². The Hall–Kier alpha value is -2.57. The highest BCUT2D eigenvalue weighted by Gasteiger charge is 2.33. The largest absolute Gasteiger partial charge is 0.493 e. The molecular formula is C20H26N2O5. The lowest BCUT2D eigenvalue weighted by Gasteiger charge is -2.31. The number of carbonyl (C=O) groups excluding carboxylic acids is 2. The summed E-state index contributed by atoms with van der Waals surface area (Å²) in [6.45, 7) is 2.80. The van der Waals surface area contributed by atoms with Crippen LogP contribution in [0.3, 0.4) is 0 Å². The Bertz CT molecular complexity index is 720. The number of carboxylic acids is 1. The Kier molecular flexibility index (Phi) is 5.98. The zero-order chi connectivity index (χ0) is 19.4. The quantitative estimate of drug-likeness (QED) is 0.869. The molecule has 3 rings (SSSR count). The zero-order valence-electron chi connectivity index (χ0n) is 15.6. The number of rotatable bonds is 4. The minimum absolute atomic E-state index is 0.0963. The van der Waals surface area contributed by atoms with Crippen LogP contribution >= 0.6 is 0 Å². The first-order chi connectivity index (χ1) is 13.0. The lowest BCUT2D eigenvalue weighted by molar-refractivity contribution is -0.145. The van der Waals surface area contributed by atoms with Crippen LogP contribution in [0.15, 0.2) is 24.3 Å². The molecule has 1 N–H and O–H groups in total. The number of carboxylic acid groups (broad SMARTS) is 1. The molecule has 0 aromatic heterocycles. The summed E-state index contributed by atoms with van der Waals surface area (Å²) in [6, 6.07) is 7.52. The molecule has 1 fully saturated rings. The smallest absolute Gasteiger partial charge is 0.323 e. The van der Waals surface area contributed by atoms with Crippen molar-refractivity contribution < 1.29 is 24.2 Å². The molecule has 0 aliphatic carbocycles. The minimum atomic E-state index is -1.01. The van der Waals surface area contributed by atoms with Crippen LogP contribution in [-0.2, 0) is 14.4 Å². The van der Waals surface area contributed by atoms with E-state index in [1.807, 2.05) is 29.2 Å². The molecule has 1 aromatic carbocycles. The summed E-state index contributed by atoms with van der Waals surface area (Å²) < 4.78 is 5.66. The average molecular weight is 374 g/mol. The second-order valence-electron chi connectivity index (χ2n) is 7.18. The van der Waals surface area contributed by atoms with Crippen LogP contribution in [0.1, 0.15) is 44.1 Å². The topological polar surface area (TPSA) is 87.2 Å².